The van der Waals surface area contributed by atoms with Crippen molar-refractivity contribution in [2.24, 2.45) is 0 Å². The highest BCUT2D eigenvalue weighted by molar-refractivity contribution is 6.34. The highest BCUT2D eigenvalue weighted by atomic mass is 35.5. The number of rotatable bonds is 4. The van der Waals surface area contributed by atoms with Crippen LogP contribution in [0.5, 0.6) is 0 Å². The van der Waals surface area contributed by atoms with E-state index in [9.17, 15) is 9.59 Å². The molecule has 0 aliphatic rings. The van der Waals surface area contributed by atoms with Crippen molar-refractivity contribution >= 4 is 58.0 Å². The first kappa shape index (κ1) is 19.5. The third-order valence-electron chi connectivity index (χ3n) is 3.62. The molecule has 0 bridgehead atoms. The molecule has 3 aromatic carbocycles. The SMILES string of the molecule is O=C(Nc1cccc(NC(=O)Nc2ccccc2Cl)c1)Nc1ccccc1Cl. The fourth-order valence-corrected chi connectivity index (χ4v) is 2.74. The highest BCUT2D eigenvalue weighted by Gasteiger charge is 2.08. The summed E-state index contributed by atoms with van der Waals surface area (Å²) in [6.45, 7) is 0. The van der Waals surface area contributed by atoms with Crippen LogP contribution in [0.2, 0.25) is 10.0 Å². The molecule has 28 heavy (non-hydrogen) atoms. The Morgan fingerprint density at radius 3 is 1.43 bits per heavy atom. The summed E-state index contributed by atoms with van der Waals surface area (Å²) >= 11 is 12.1. The molecule has 4 amide bonds. The average molecular weight is 415 g/mol. The van der Waals surface area contributed by atoms with Crippen LogP contribution in [0.4, 0.5) is 32.3 Å². The first-order chi connectivity index (χ1) is 13.5. The summed E-state index contributed by atoms with van der Waals surface area (Å²) in [7, 11) is 0. The first-order valence-corrected chi connectivity index (χ1v) is 9.02. The molecule has 0 aliphatic heterocycles. The van der Waals surface area contributed by atoms with E-state index in [0.717, 1.165) is 0 Å². The van der Waals surface area contributed by atoms with Gasteiger partial charge in [-0.2, -0.15) is 0 Å². The Hall–Kier alpha value is -3.22. The van der Waals surface area contributed by atoms with E-state index in [1.807, 2.05) is 0 Å². The molecule has 4 N–H and O–H groups in total. The van der Waals surface area contributed by atoms with E-state index in [4.69, 9.17) is 23.2 Å². The van der Waals surface area contributed by atoms with Crippen molar-refractivity contribution in [3.05, 3.63) is 82.8 Å². The van der Waals surface area contributed by atoms with Gasteiger partial charge >= 0.3 is 12.1 Å². The summed E-state index contributed by atoms with van der Waals surface area (Å²) in [5, 5.41) is 11.6. The quantitative estimate of drug-likeness (QED) is 0.404. The lowest BCUT2D eigenvalue weighted by molar-refractivity contribution is 0.261. The van der Waals surface area contributed by atoms with Crippen LogP contribution in [0.3, 0.4) is 0 Å². The Labute approximate surface area is 171 Å². The predicted molar refractivity (Wildman–Crippen MR) is 115 cm³/mol. The van der Waals surface area contributed by atoms with Crippen LogP contribution in [-0.2, 0) is 0 Å². The number of hydrogen-bond acceptors (Lipinski definition) is 2. The van der Waals surface area contributed by atoms with Crippen LogP contribution in [-0.4, -0.2) is 12.1 Å². The number of para-hydroxylation sites is 2. The summed E-state index contributed by atoms with van der Waals surface area (Å²) in [5.41, 5.74) is 1.99. The standard InChI is InChI=1S/C20H16Cl2N4O2/c21-15-8-1-3-10-17(15)25-19(27)23-13-6-5-7-14(12-13)24-20(28)26-18-11-4-2-9-16(18)22/h1-12H,(H2,23,25,27)(H2,24,26,28). The Kier molecular flexibility index (Phi) is 6.37. The minimum absolute atomic E-state index is 0.435. The zero-order valence-electron chi connectivity index (χ0n) is 14.5. The van der Waals surface area contributed by atoms with Crippen molar-refractivity contribution in [1.82, 2.24) is 0 Å². The van der Waals surface area contributed by atoms with Crippen LogP contribution in [0, 0.1) is 0 Å². The van der Waals surface area contributed by atoms with Gasteiger partial charge in [0, 0.05) is 11.4 Å². The molecule has 0 aromatic heterocycles. The molecule has 3 rings (SSSR count). The molecule has 0 radical (unpaired) electrons. The average Bonchev–Trinajstić information content (AvgIpc) is 2.66. The normalized spacial score (nSPS) is 10.1. The summed E-state index contributed by atoms with van der Waals surface area (Å²) in [6, 6.07) is 19.6. The fraction of sp³-hybridized carbons (Fsp3) is 0. The zero-order chi connectivity index (χ0) is 19.9. The highest BCUT2D eigenvalue weighted by Crippen LogP contribution is 2.22. The number of benzene rings is 3. The van der Waals surface area contributed by atoms with Gasteiger partial charge in [0.05, 0.1) is 21.4 Å². The molecule has 0 aliphatic carbocycles. The number of amides is 4. The minimum Gasteiger partial charge on any atom is -0.308 e. The van der Waals surface area contributed by atoms with Gasteiger partial charge < -0.3 is 21.3 Å². The van der Waals surface area contributed by atoms with Gasteiger partial charge in [-0.1, -0.05) is 53.5 Å². The molecule has 0 fully saturated rings. The molecule has 0 unspecified atom stereocenters. The molecule has 8 heteroatoms. The maximum atomic E-state index is 12.2. The van der Waals surface area contributed by atoms with Crippen LogP contribution in [0.25, 0.3) is 0 Å². The number of nitrogens with one attached hydrogen (secondary N) is 4. The third kappa shape index (κ3) is 5.39. The van der Waals surface area contributed by atoms with Gasteiger partial charge in [-0.3, -0.25) is 0 Å². The van der Waals surface area contributed by atoms with Gasteiger partial charge in [0.15, 0.2) is 0 Å². The smallest absolute Gasteiger partial charge is 0.308 e. The molecule has 0 saturated carbocycles. The zero-order valence-corrected chi connectivity index (χ0v) is 16.0. The predicted octanol–water partition coefficient (Wildman–Crippen LogP) is 6.28. The van der Waals surface area contributed by atoms with Crippen LogP contribution in [0.15, 0.2) is 72.8 Å². The van der Waals surface area contributed by atoms with E-state index in [2.05, 4.69) is 21.3 Å². The molecular weight excluding hydrogens is 399 g/mol. The van der Waals surface area contributed by atoms with Gasteiger partial charge in [-0.05, 0) is 42.5 Å². The maximum Gasteiger partial charge on any atom is 0.323 e. The van der Waals surface area contributed by atoms with E-state index in [0.29, 0.717) is 32.8 Å². The Balaban J connectivity index is 1.60. The molecule has 142 valence electrons. The first-order valence-electron chi connectivity index (χ1n) is 8.26. The maximum absolute atomic E-state index is 12.2. The van der Waals surface area contributed by atoms with E-state index in [-0.39, 0.29) is 0 Å². The van der Waals surface area contributed by atoms with E-state index in [1.165, 1.54) is 0 Å². The number of anilines is 4. The Morgan fingerprint density at radius 1 is 0.571 bits per heavy atom. The third-order valence-corrected chi connectivity index (χ3v) is 4.28. The lowest BCUT2D eigenvalue weighted by atomic mass is 10.2. The van der Waals surface area contributed by atoms with Gasteiger partial charge in [0.2, 0.25) is 0 Å². The second-order valence-electron chi connectivity index (χ2n) is 5.70. The molecule has 6 nitrogen and oxygen atoms in total. The second-order valence-corrected chi connectivity index (χ2v) is 6.51. The number of carbonyl (C=O) groups excluding carboxylic acids is 2. The van der Waals surface area contributed by atoms with Crippen LogP contribution < -0.4 is 21.3 Å². The lowest BCUT2D eigenvalue weighted by Gasteiger charge is -2.11. The minimum atomic E-state index is -0.453. The molecule has 0 atom stereocenters. The van der Waals surface area contributed by atoms with Crippen molar-refractivity contribution < 1.29 is 9.59 Å². The fourth-order valence-electron chi connectivity index (χ4n) is 2.37. The summed E-state index contributed by atoms with van der Waals surface area (Å²) in [4.78, 5) is 24.3. The van der Waals surface area contributed by atoms with Crippen molar-refractivity contribution in [1.29, 1.82) is 0 Å². The summed E-state index contributed by atoms with van der Waals surface area (Å²) in [5.74, 6) is 0. The number of hydrogen-bond donors (Lipinski definition) is 4. The van der Waals surface area contributed by atoms with E-state index in [1.54, 1.807) is 72.8 Å². The molecule has 0 heterocycles. The van der Waals surface area contributed by atoms with Crippen LogP contribution >= 0.6 is 23.2 Å². The number of carbonyl (C=O) groups is 2. The van der Waals surface area contributed by atoms with Gasteiger partial charge in [-0.15, -0.1) is 0 Å². The second kappa shape index (κ2) is 9.12. The number of urea groups is 2. The van der Waals surface area contributed by atoms with Crippen molar-refractivity contribution in [2.45, 2.75) is 0 Å². The van der Waals surface area contributed by atoms with Gasteiger partial charge in [0.1, 0.15) is 0 Å². The molecule has 3 aromatic rings. The summed E-state index contributed by atoms with van der Waals surface area (Å²) in [6.07, 6.45) is 0. The van der Waals surface area contributed by atoms with Gasteiger partial charge in [0.25, 0.3) is 0 Å². The summed E-state index contributed by atoms with van der Waals surface area (Å²) < 4.78 is 0. The number of halogens is 2. The van der Waals surface area contributed by atoms with E-state index < -0.39 is 12.1 Å². The molecule has 0 saturated heterocycles. The lowest BCUT2D eigenvalue weighted by Crippen LogP contribution is -2.21. The van der Waals surface area contributed by atoms with Crippen molar-refractivity contribution in [2.75, 3.05) is 21.3 Å². The topological polar surface area (TPSA) is 82.3 Å². The molecule has 0 spiro atoms. The largest absolute Gasteiger partial charge is 0.323 e. The van der Waals surface area contributed by atoms with E-state index >= 15 is 0 Å². The van der Waals surface area contributed by atoms with Crippen LogP contribution in [0.1, 0.15) is 0 Å². The van der Waals surface area contributed by atoms with Crippen molar-refractivity contribution in [3.8, 4) is 0 Å². The Morgan fingerprint density at radius 2 is 1.00 bits per heavy atom. The van der Waals surface area contributed by atoms with Crippen molar-refractivity contribution in [3.63, 3.8) is 0 Å². The Bertz CT molecular complexity index is 934. The van der Waals surface area contributed by atoms with Gasteiger partial charge in [-0.25, -0.2) is 9.59 Å². The monoisotopic (exact) mass is 414 g/mol. The molecular formula is C20H16Cl2N4O2.